The topological polar surface area (TPSA) is 20.2 Å². The smallest absolute Gasteiger partial charge is 0.133 e. The van der Waals surface area contributed by atoms with Crippen molar-refractivity contribution in [2.24, 2.45) is 0 Å². The summed E-state index contributed by atoms with van der Waals surface area (Å²) in [6.07, 6.45) is 6.06. The summed E-state index contributed by atoms with van der Waals surface area (Å²) in [6, 6.07) is 9.90. The highest BCUT2D eigenvalue weighted by molar-refractivity contribution is 5.50. The van der Waals surface area contributed by atoms with Crippen LogP contribution in [0.5, 0.6) is 0 Å². The van der Waals surface area contributed by atoms with Gasteiger partial charge < -0.3 is 5.11 Å². The molecule has 0 heterocycles. The van der Waals surface area contributed by atoms with Crippen molar-refractivity contribution in [2.45, 2.75) is 32.3 Å². The summed E-state index contributed by atoms with van der Waals surface area (Å²) in [4.78, 5) is 0. The van der Waals surface area contributed by atoms with E-state index in [9.17, 15) is 5.11 Å². The van der Waals surface area contributed by atoms with Crippen molar-refractivity contribution in [1.29, 1.82) is 0 Å². The van der Waals surface area contributed by atoms with Crippen LogP contribution in [0, 0.1) is 11.8 Å². The zero-order chi connectivity index (χ0) is 11.6. The van der Waals surface area contributed by atoms with E-state index in [1.165, 1.54) is 0 Å². The zero-order valence-electron chi connectivity index (χ0n) is 9.69. The molecule has 16 heavy (non-hydrogen) atoms. The van der Waals surface area contributed by atoms with Gasteiger partial charge in [-0.05, 0) is 18.1 Å². The van der Waals surface area contributed by atoms with E-state index in [2.05, 4.69) is 18.8 Å². The lowest BCUT2D eigenvalue weighted by molar-refractivity contribution is 0.281. The van der Waals surface area contributed by atoms with Crippen LogP contribution < -0.4 is 0 Å². The molecule has 0 aliphatic rings. The van der Waals surface area contributed by atoms with Crippen molar-refractivity contribution in [1.82, 2.24) is 0 Å². The van der Waals surface area contributed by atoms with E-state index in [-0.39, 0.29) is 0 Å². The Morgan fingerprint density at radius 2 is 2.06 bits per heavy atom. The van der Waals surface area contributed by atoms with E-state index in [1.807, 2.05) is 36.4 Å². The van der Waals surface area contributed by atoms with E-state index >= 15 is 0 Å². The third-order valence-corrected chi connectivity index (χ3v) is 2.18. The summed E-state index contributed by atoms with van der Waals surface area (Å²) in [6.45, 7) is 2.13. The van der Waals surface area contributed by atoms with Gasteiger partial charge in [0, 0.05) is 6.42 Å². The molecule has 0 radical (unpaired) electrons. The standard InChI is InChI=1S/C15H18O/c1-2-3-4-8-11-15(16)13-12-14-9-6-5-7-10-14/h5-7,9-10,12-13,15-16H,2-4H2,1H3. The van der Waals surface area contributed by atoms with E-state index in [1.54, 1.807) is 6.08 Å². The summed E-state index contributed by atoms with van der Waals surface area (Å²) in [5.74, 6) is 5.78. The Bertz CT molecular complexity index is 367. The fourth-order valence-corrected chi connectivity index (χ4v) is 1.26. The largest absolute Gasteiger partial charge is 0.377 e. The lowest BCUT2D eigenvalue weighted by Crippen LogP contribution is -1.96. The highest BCUT2D eigenvalue weighted by Crippen LogP contribution is 2.01. The molecular formula is C15H18O. The van der Waals surface area contributed by atoms with Gasteiger partial charge in [-0.3, -0.25) is 0 Å². The van der Waals surface area contributed by atoms with E-state index in [4.69, 9.17) is 0 Å². The van der Waals surface area contributed by atoms with Crippen molar-refractivity contribution < 1.29 is 5.11 Å². The molecule has 1 aromatic rings. The van der Waals surface area contributed by atoms with Crippen LogP contribution in [0.2, 0.25) is 0 Å². The molecule has 0 saturated heterocycles. The first-order valence-corrected chi connectivity index (χ1v) is 5.72. The third kappa shape index (κ3) is 5.38. The molecule has 1 atom stereocenters. The van der Waals surface area contributed by atoms with Crippen LogP contribution in [-0.2, 0) is 0 Å². The van der Waals surface area contributed by atoms with Crippen molar-refractivity contribution >= 4 is 6.08 Å². The molecule has 0 fully saturated rings. The molecule has 0 aromatic heterocycles. The van der Waals surface area contributed by atoms with Crippen LogP contribution >= 0.6 is 0 Å². The number of unbranched alkanes of at least 4 members (excludes halogenated alkanes) is 2. The molecule has 0 aliphatic heterocycles. The maximum absolute atomic E-state index is 9.55. The van der Waals surface area contributed by atoms with Gasteiger partial charge in [-0.15, -0.1) is 5.92 Å². The van der Waals surface area contributed by atoms with Crippen LogP contribution in [0.4, 0.5) is 0 Å². The first-order valence-electron chi connectivity index (χ1n) is 5.72. The molecule has 1 nitrogen and oxygen atoms in total. The Labute approximate surface area is 97.8 Å². The van der Waals surface area contributed by atoms with E-state index in [0.717, 1.165) is 24.8 Å². The first kappa shape index (κ1) is 12.5. The molecule has 1 aromatic carbocycles. The minimum Gasteiger partial charge on any atom is -0.377 e. The van der Waals surface area contributed by atoms with Gasteiger partial charge >= 0.3 is 0 Å². The quantitative estimate of drug-likeness (QED) is 0.602. The Hall–Kier alpha value is -1.52. The number of rotatable bonds is 4. The van der Waals surface area contributed by atoms with E-state index < -0.39 is 6.10 Å². The van der Waals surface area contributed by atoms with Gasteiger partial charge in [-0.2, -0.15) is 0 Å². The molecule has 84 valence electrons. The second-order valence-electron chi connectivity index (χ2n) is 3.64. The molecule has 1 heteroatoms. The summed E-state index contributed by atoms with van der Waals surface area (Å²) >= 11 is 0. The molecule has 1 rings (SSSR count). The van der Waals surface area contributed by atoms with Crippen LogP contribution in [0.1, 0.15) is 31.7 Å². The van der Waals surface area contributed by atoms with Gasteiger partial charge in [-0.1, -0.05) is 55.7 Å². The average molecular weight is 214 g/mol. The average Bonchev–Trinajstić information content (AvgIpc) is 2.33. The van der Waals surface area contributed by atoms with Crippen molar-refractivity contribution in [2.75, 3.05) is 0 Å². The first-order chi connectivity index (χ1) is 7.83. The predicted octanol–water partition coefficient (Wildman–Crippen LogP) is 3.25. The van der Waals surface area contributed by atoms with Gasteiger partial charge in [0.05, 0.1) is 0 Å². The van der Waals surface area contributed by atoms with Crippen molar-refractivity contribution in [3.8, 4) is 11.8 Å². The highest BCUT2D eigenvalue weighted by atomic mass is 16.3. The molecular weight excluding hydrogens is 196 g/mol. The summed E-state index contributed by atoms with van der Waals surface area (Å²) < 4.78 is 0. The van der Waals surface area contributed by atoms with Crippen LogP contribution in [0.3, 0.4) is 0 Å². The number of aliphatic hydroxyl groups excluding tert-OH is 1. The zero-order valence-corrected chi connectivity index (χ0v) is 9.69. The Morgan fingerprint density at radius 1 is 1.31 bits per heavy atom. The van der Waals surface area contributed by atoms with Gasteiger partial charge in [0.2, 0.25) is 0 Å². The number of benzene rings is 1. The lowest BCUT2D eigenvalue weighted by Gasteiger charge is -1.94. The van der Waals surface area contributed by atoms with Gasteiger partial charge in [0.15, 0.2) is 0 Å². The number of aliphatic hydroxyl groups is 1. The van der Waals surface area contributed by atoms with Gasteiger partial charge in [0.25, 0.3) is 0 Å². The van der Waals surface area contributed by atoms with E-state index in [0.29, 0.717) is 0 Å². The molecule has 0 bridgehead atoms. The molecule has 0 amide bonds. The van der Waals surface area contributed by atoms with Gasteiger partial charge in [0.1, 0.15) is 6.10 Å². The molecule has 1 N–H and O–H groups in total. The maximum atomic E-state index is 9.55. The fourth-order valence-electron chi connectivity index (χ4n) is 1.26. The normalized spacial score (nSPS) is 12.1. The molecule has 0 aliphatic carbocycles. The number of hydrogen-bond donors (Lipinski definition) is 1. The number of hydrogen-bond acceptors (Lipinski definition) is 1. The SMILES string of the molecule is CCCCC#CC(O)C=Cc1ccccc1. The summed E-state index contributed by atoms with van der Waals surface area (Å²) in [7, 11) is 0. The second kappa shape index (κ2) is 7.73. The molecule has 0 spiro atoms. The Balaban J connectivity index is 2.41. The van der Waals surface area contributed by atoms with Gasteiger partial charge in [-0.25, -0.2) is 0 Å². The minimum absolute atomic E-state index is 0.655. The minimum atomic E-state index is -0.655. The van der Waals surface area contributed by atoms with Crippen LogP contribution in [0.15, 0.2) is 36.4 Å². The molecule has 1 unspecified atom stereocenters. The van der Waals surface area contributed by atoms with Crippen LogP contribution in [-0.4, -0.2) is 11.2 Å². The molecule has 0 saturated carbocycles. The Morgan fingerprint density at radius 3 is 2.75 bits per heavy atom. The van der Waals surface area contributed by atoms with Crippen LogP contribution in [0.25, 0.3) is 6.08 Å². The monoisotopic (exact) mass is 214 g/mol. The summed E-state index contributed by atoms with van der Waals surface area (Å²) in [5.41, 5.74) is 1.08. The third-order valence-electron chi connectivity index (χ3n) is 2.18. The lowest BCUT2D eigenvalue weighted by atomic mass is 10.2. The second-order valence-corrected chi connectivity index (χ2v) is 3.64. The maximum Gasteiger partial charge on any atom is 0.133 e. The fraction of sp³-hybridized carbons (Fsp3) is 0.333. The van der Waals surface area contributed by atoms with Crippen molar-refractivity contribution in [3.63, 3.8) is 0 Å². The predicted molar refractivity (Wildman–Crippen MR) is 68.8 cm³/mol. The Kier molecular flexibility index (Phi) is 6.06. The van der Waals surface area contributed by atoms with Crippen molar-refractivity contribution in [3.05, 3.63) is 42.0 Å². The summed E-state index contributed by atoms with van der Waals surface area (Å²) in [5, 5.41) is 9.55. The highest BCUT2D eigenvalue weighted by Gasteiger charge is 1.90.